The Balaban J connectivity index is 2.07. The average molecular weight is 299 g/mol. The first-order valence-electron chi connectivity index (χ1n) is 6.77. The molecule has 0 spiro atoms. The third-order valence-electron chi connectivity index (χ3n) is 3.76. The molecule has 1 saturated heterocycles. The van der Waals surface area contributed by atoms with Gasteiger partial charge >= 0.3 is 6.18 Å². The molecule has 0 saturated carbocycles. The lowest BCUT2D eigenvalue weighted by Gasteiger charge is -2.31. The summed E-state index contributed by atoms with van der Waals surface area (Å²) in [5, 5.41) is 4.04. The van der Waals surface area contributed by atoms with E-state index >= 15 is 0 Å². The summed E-state index contributed by atoms with van der Waals surface area (Å²) in [7, 11) is 1.58. The largest absolute Gasteiger partial charge is 0.417 e. The molecule has 3 heterocycles. The van der Waals surface area contributed by atoms with Gasteiger partial charge in [0.25, 0.3) is 0 Å². The van der Waals surface area contributed by atoms with Crippen LogP contribution in [0.3, 0.4) is 0 Å². The smallest absolute Gasteiger partial charge is 0.356 e. The zero-order valence-electron chi connectivity index (χ0n) is 11.6. The van der Waals surface area contributed by atoms with E-state index in [1.807, 2.05) is 4.90 Å². The third-order valence-corrected chi connectivity index (χ3v) is 3.76. The first-order valence-corrected chi connectivity index (χ1v) is 6.77. The maximum Gasteiger partial charge on any atom is 0.417 e. The maximum absolute atomic E-state index is 13.2. The van der Waals surface area contributed by atoms with Gasteiger partial charge in [0, 0.05) is 32.4 Å². The summed E-state index contributed by atoms with van der Waals surface area (Å²) < 4.78 is 41.0. The molecular formula is C13H16F3N5. The minimum Gasteiger partial charge on any atom is -0.356 e. The van der Waals surface area contributed by atoms with Gasteiger partial charge in [-0.1, -0.05) is 0 Å². The van der Waals surface area contributed by atoms with E-state index in [0.29, 0.717) is 18.9 Å². The van der Waals surface area contributed by atoms with Crippen LogP contribution in [0.2, 0.25) is 0 Å². The molecule has 1 fully saturated rings. The van der Waals surface area contributed by atoms with Gasteiger partial charge in [-0.15, -0.1) is 0 Å². The van der Waals surface area contributed by atoms with E-state index < -0.39 is 11.7 Å². The van der Waals surface area contributed by atoms with Crippen molar-refractivity contribution in [1.29, 1.82) is 0 Å². The minimum absolute atomic E-state index is 0.0301. The molecule has 0 aliphatic carbocycles. The normalized spacial score (nSPS) is 17.7. The SMILES string of the molecule is Cn1cc2c(C(F)(F)F)cc(N3CCC(N)CC3)nc2n1. The molecule has 0 unspecified atom stereocenters. The Morgan fingerprint density at radius 1 is 1.29 bits per heavy atom. The Labute approximate surface area is 119 Å². The minimum atomic E-state index is -4.43. The Kier molecular flexibility index (Phi) is 3.27. The number of hydrogen-bond donors (Lipinski definition) is 1. The molecule has 0 amide bonds. The van der Waals surface area contributed by atoms with Crippen molar-refractivity contribution >= 4 is 16.9 Å². The van der Waals surface area contributed by atoms with Crippen LogP contribution in [0.25, 0.3) is 11.0 Å². The van der Waals surface area contributed by atoms with Gasteiger partial charge in [0.2, 0.25) is 0 Å². The number of hydrogen-bond acceptors (Lipinski definition) is 4. The standard InChI is InChI=1S/C13H16F3N5/c1-20-7-9-10(13(14,15)16)6-11(18-12(9)19-20)21-4-2-8(17)3-5-21/h6-8H,2-5,17H2,1H3. The molecular weight excluding hydrogens is 283 g/mol. The molecule has 2 N–H and O–H groups in total. The van der Waals surface area contributed by atoms with Crippen LogP contribution in [0.4, 0.5) is 19.0 Å². The van der Waals surface area contributed by atoms with Gasteiger partial charge in [0.15, 0.2) is 5.65 Å². The lowest BCUT2D eigenvalue weighted by atomic mass is 10.1. The van der Waals surface area contributed by atoms with Crippen molar-refractivity contribution < 1.29 is 13.2 Å². The lowest BCUT2D eigenvalue weighted by molar-refractivity contribution is -0.136. The Morgan fingerprint density at radius 3 is 2.57 bits per heavy atom. The van der Waals surface area contributed by atoms with E-state index in [4.69, 9.17) is 5.73 Å². The lowest BCUT2D eigenvalue weighted by Crippen LogP contribution is -2.40. The summed E-state index contributed by atoms with van der Waals surface area (Å²) in [4.78, 5) is 6.11. The van der Waals surface area contributed by atoms with E-state index in [2.05, 4.69) is 10.1 Å². The summed E-state index contributed by atoms with van der Waals surface area (Å²) in [5.41, 5.74) is 5.26. The Morgan fingerprint density at radius 2 is 1.95 bits per heavy atom. The van der Waals surface area contributed by atoms with Gasteiger partial charge in [-0.05, 0) is 18.9 Å². The first kappa shape index (κ1) is 14.1. The molecule has 1 aliphatic heterocycles. The number of aromatic nitrogens is 3. The zero-order chi connectivity index (χ0) is 15.2. The molecule has 5 nitrogen and oxygen atoms in total. The number of nitrogens with two attached hydrogens (primary N) is 1. The number of piperidine rings is 1. The molecule has 0 aromatic carbocycles. The van der Waals surface area contributed by atoms with E-state index in [9.17, 15) is 13.2 Å². The molecule has 114 valence electrons. The van der Waals surface area contributed by atoms with Crippen molar-refractivity contribution in [1.82, 2.24) is 14.8 Å². The summed E-state index contributed by atoms with van der Waals surface area (Å²) in [6.07, 6.45) is -1.57. The number of pyridine rings is 1. The van der Waals surface area contributed by atoms with E-state index in [1.54, 1.807) is 7.05 Å². The second-order valence-corrected chi connectivity index (χ2v) is 5.39. The Hall–Kier alpha value is -1.83. The molecule has 8 heteroatoms. The zero-order valence-corrected chi connectivity index (χ0v) is 11.6. The molecule has 0 radical (unpaired) electrons. The van der Waals surface area contributed by atoms with Crippen molar-refractivity contribution in [2.75, 3.05) is 18.0 Å². The molecule has 0 bridgehead atoms. The van der Waals surface area contributed by atoms with Crippen LogP contribution in [-0.2, 0) is 13.2 Å². The highest BCUT2D eigenvalue weighted by atomic mass is 19.4. The highest BCUT2D eigenvalue weighted by molar-refractivity contribution is 5.81. The van der Waals surface area contributed by atoms with Gasteiger partial charge in [0.05, 0.1) is 10.9 Å². The molecule has 0 atom stereocenters. The second kappa shape index (κ2) is 4.87. The summed E-state index contributed by atoms with van der Waals surface area (Å²) in [6.45, 7) is 1.23. The van der Waals surface area contributed by atoms with E-state index in [0.717, 1.165) is 18.9 Å². The van der Waals surface area contributed by atoms with Gasteiger partial charge in [-0.3, -0.25) is 4.68 Å². The maximum atomic E-state index is 13.2. The molecule has 21 heavy (non-hydrogen) atoms. The number of anilines is 1. The van der Waals surface area contributed by atoms with Crippen molar-refractivity contribution in [3.63, 3.8) is 0 Å². The fourth-order valence-corrected chi connectivity index (χ4v) is 2.62. The van der Waals surface area contributed by atoms with E-state index in [-0.39, 0.29) is 17.1 Å². The fourth-order valence-electron chi connectivity index (χ4n) is 2.62. The number of rotatable bonds is 1. The summed E-state index contributed by atoms with van der Waals surface area (Å²) in [5.74, 6) is 0.320. The first-order chi connectivity index (χ1) is 9.84. The fraction of sp³-hybridized carbons (Fsp3) is 0.538. The third kappa shape index (κ3) is 2.67. The van der Waals surface area contributed by atoms with Crippen LogP contribution in [0.1, 0.15) is 18.4 Å². The predicted octanol–water partition coefficient (Wildman–Crippen LogP) is 1.91. The van der Waals surface area contributed by atoms with Crippen LogP contribution in [0.15, 0.2) is 12.3 Å². The van der Waals surface area contributed by atoms with Gasteiger partial charge < -0.3 is 10.6 Å². The number of alkyl halides is 3. The van der Waals surface area contributed by atoms with Crippen molar-refractivity contribution in [3.8, 4) is 0 Å². The van der Waals surface area contributed by atoms with Crippen LogP contribution in [-0.4, -0.2) is 33.9 Å². The summed E-state index contributed by atoms with van der Waals surface area (Å²) >= 11 is 0. The highest BCUT2D eigenvalue weighted by Gasteiger charge is 2.35. The monoisotopic (exact) mass is 299 g/mol. The average Bonchev–Trinajstić information content (AvgIpc) is 2.77. The van der Waals surface area contributed by atoms with Gasteiger partial charge in [-0.25, -0.2) is 4.98 Å². The van der Waals surface area contributed by atoms with Crippen LogP contribution >= 0.6 is 0 Å². The summed E-state index contributed by atoms with van der Waals surface area (Å²) in [6, 6.07) is 1.22. The molecule has 2 aromatic rings. The van der Waals surface area contributed by atoms with Crippen molar-refractivity contribution in [3.05, 3.63) is 17.8 Å². The molecule has 1 aliphatic rings. The Bertz CT molecular complexity index is 656. The van der Waals surface area contributed by atoms with E-state index in [1.165, 1.54) is 10.9 Å². The quantitative estimate of drug-likeness (QED) is 0.874. The second-order valence-electron chi connectivity index (χ2n) is 5.39. The predicted molar refractivity (Wildman–Crippen MR) is 72.9 cm³/mol. The molecule has 2 aromatic heterocycles. The number of aryl methyl sites for hydroxylation is 1. The van der Waals surface area contributed by atoms with Gasteiger partial charge in [0.1, 0.15) is 5.82 Å². The number of nitrogens with zero attached hydrogens (tertiary/aromatic N) is 4. The van der Waals surface area contributed by atoms with Gasteiger partial charge in [-0.2, -0.15) is 18.3 Å². The van der Waals surface area contributed by atoms with Crippen molar-refractivity contribution in [2.45, 2.75) is 25.1 Å². The number of fused-ring (bicyclic) bond motifs is 1. The van der Waals surface area contributed by atoms with Crippen LogP contribution in [0, 0.1) is 0 Å². The van der Waals surface area contributed by atoms with Crippen LogP contribution in [0.5, 0.6) is 0 Å². The van der Waals surface area contributed by atoms with Crippen LogP contribution < -0.4 is 10.6 Å². The highest BCUT2D eigenvalue weighted by Crippen LogP contribution is 2.36. The topological polar surface area (TPSA) is 60.0 Å². The number of halogens is 3. The molecule has 3 rings (SSSR count). The van der Waals surface area contributed by atoms with Crippen molar-refractivity contribution in [2.24, 2.45) is 12.8 Å².